The van der Waals surface area contributed by atoms with Gasteiger partial charge in [0.05, 0.1) is 7.11 Å². The molecule has 0 bridgehead atoms. The number of ether oxygens (including phenoxy) is 1. The van der Waals surface area contributed by atoms with E-state index in [-0.39, 0.29) is 12.3 Å². The van der Waals surface area contributed by atoms with Crippen molar-refractivity contribution in [1.82, 2.24) is 5.32 Å². The van der Waals surface area contributed by atoms with Gasteiger partial charge in [0.2, 0.25) is 5.91 Å². The molecule has 1 amide bonds. The van der Waals surface area contributed by atoms with Crippen LogP contribution in [0.2, 0.25) is 0 Å². The maximum absolute atomic E-state index is 11.4. The molecule has 0 aliphatic rings. The maximum Gasteiger partial charge on any atom is 0.315 e. The summed E-state index contributed by atoms with van der Waals surface area (Å²) in [7, 11) is 1.27. The van der Waals surface area contributed by atoms with E-state index in [1.807, 2.05) is 12.1 Å². The second-order valence-electron chi connectivity index (χ2n) is 4.94. The Labute approximate surface area is 114 Å². The van der Waals surface area contributed by atoms with Crippen LogP contribution in [0.3, 0.4) is 0 Å². The molecule has 0 radical (unpaired) electrons. The van der Waals surface area contributed by atoms with Crippen molar-refractivity contribution in [3.8, 4) is 0 Å². The molecule has 0 aliphatic carbocycles. The summed E-state index contributed by atoms with van der Waals surface area (Å²) in [4.78, 5) is 22.3. The Morgan fingerprint density at radius 3 is 2.26 bits per heavy atom. The molecule has 1 N–H and O–H groups in total. The largest absolute Gasteiger partial charge is 0.469 e. The standard InChI is InChI=1S/C15H21NO3/c1-11(2)8-12-4-6-13(7-5-12)10-16-14(17)9-15(18)19-3/h4-7,11H,8-10H2,1-3H3,(H,16,17). The van der Waals surface area contributed by atoms with E-state index >= 15 is 0 Å². The molecule has 1 aromatic carbocycles. The van der Waals surface area contributed by atoms with Crippen LogP contribution in [0.5, 0.6) is 0 Å². The summed E-state index contributed by atoms with van der Waals surface area (Å²) >= 11 is 0. The molecule has 1 rings (SSSR count). The quantitative estimate of drug-likeness (QED) is 0.631. The summed E-state index contributed by atoms with van der Waals surface area (Å²) in [6.07, 6.45) is 0.816. The smallest absolute Gasteiger partial charge is 0.315 e. The van der Waals surface area contributed by atoms with Gasteiger partial charge in [-0.15, -0.1) is 0 Å². The Kier molecular flexibility index (Phi) is 6.06. The van der Waals surface area contributed by atoms with Crippen molar-refractivity contribution in [1.29, 1.82) is 0 Å². The minimum atomic E-state index is -0.523. The summed E-state index contributed by atoms with van der Waals surface area (Å²) in [5.74, 6) is -0.214. The number of carbonyl (C=O) groups is 2. The predicted molar refractivity (Wildman–Crippen MR) is 73.5 cm³/mol. The van der Waals surface area contributed by atoms with Crippen LogP contribution in [0.1, 0.15) is 31.4 Å². The molecule has 0 unspecified atom stereocenters. The molecule has 0 spiro atoms. The lowest BCUT2D eigenvalue weighted by atomic mass is 10.0. The zero-order valence-corrected chi connectivity index (χ0v) is 11.7. The number of benzene rings is 1. The van der Waals surface area contributed by atoms with Gasteiger partial charge in [0.25, 0.3) is 0 Å². The first-order valence-electron chi connectivity index (χ1n) is 6.42. The molecular formula is C15H21NO3. The highest BCUT2D eigenvalue weighted by molar-refractivity contribution is 5.94. The molecule has 4 heteroatoms. The lowest BCUT2D eigenvalue weighted by Crippen LogP contribution is -2.25. The Hall–Kier alpha value is -1.84. The van der Waals surface area contributed by atoms with Crippen molar-refractivity contribution in [2.75, 3.05) is 7.11 Å². The Balaban J connectivity index is 2.41. The first kappa shape index (κ1) is 15.2. The van der Waals surface area contributed by atoms with Crippen molar-refractivity contribution in [2.24, 2.45) is 5.92 Å². The minimum Gasteiger partial charge on any atom is -0.469 e. The summed E-state index contributed by atoms with van der Waals surface area (Å²) in [5, 5.41) is 2.68. The zero-order valence-electron chi connectivity index (χ0n) is 11.7. The van der Waals surface area contributed by atoms with Crippen molar-refractivity contribution >= 4 is 11.9 Å². The van der Waals surface area contributed by atoms with Crippen molar-refractivity contribution < 1.29 is 14.3 Å². The number of hydrogen-bond donors (Lipinski definition) is 1. The van der Waals surface area contributed by atoms with E-state index in [1.54, 1.807) is 0 Å². The topological polar surface area (TPSA) is 55.4 Å². The molecule has 0 saturated heterocycles. The molecule has 19 heavy (non-hydrogen) atoms. The van der Waals surface area contributed by atoms with E-state index in [0.29, 0.717) is 12.5 Å². The van der Waals surface area contributed by atoms with Gasteiger partial charge in [-0.25, -0.2) is 0 Å². The van der Waals surface area contributed by atoms with Crippen LogP contribution in [-0.4, -0.2) is 19.0 Å². The highest BCUT2D eigenvalue weighted by atomic mass is 16.5. The SMILES string of the molecule is COC(=O)CC(=O)NCc1ccc(CC(C)C)cc1. The number of esters is 1. The first-order valence-corrected chi connectivity index (χ1v) is 6.42. The number of carbonyl (C=O) groups excluding carboxylic acids is 2. The fourth-order valence-corrected chi connectivity index (χ4v) is 1.73. The second kappa shape index (κ2) is 7.56. The lowest BCUT2D eigenvalue weighted by Gasteiger charge is -2.07. The second-order valence-corrected chi connectivity index (χ2v) is 4.94. The van der Waals surface area contributed by atoms with Gasteiger partial charge in [-0.05, 0) is 23.5 Å². The Morgan fingerprint density at radius 1 is 1.16 bits per heavy atom. The van der Waals surface area contributed by atoms with Gasteiger partial charge < -0.3 is 10.1 Å². The summed E-state index contributed by atoms with van der Waals surface area (Å²) < 4.78 is 4.43. The van der Waals surface area contributed by atoms with E-state index in [0.717, 1.165) is 12.0 Å². The van der Waals surface area contributed by atoms with Crippen LogP contribution < -0.4 is 5.32 Å². The van der Waals surface area contributed by atoms with E-state index in [1.165, 1.54) is 12.7 Å². The molecular weight excluding hydrogens is 242 g/mol. The number of nitrogens with one attached hydrogen (secondary N) is 1. The third kappa shape index (κ3) is 6.04. The van der Waals surface area contributed by atoms with E-state index in [4.69, 9.17) is 0 Å². The molecule has 104 valence electrons. The first-order chi connectivity index (χ1) is 9.01. The third-order valence-corrected chi connectivity index (χ3v) is 2.69. The van der Waals surface area contributed by atoms with Crippen molar-refractivity contribution in [3.05, 3.63) is 35.4 Å². The van der Waals surface area contributed by atoms with E-state index in [9.17, 15) is 9.59 Å². The van der Waals surface area contributed by atoms with Gasteiger partial charge in [-0.3, -0.25) is 9.59 Å². The average molecular weight is 263 g/mol. The Bertz CT molecular complexity index is 424. The number of amides is 1. The Morgan fingerprint density at radius 2 is 1.74 bits per heavy atom. The number of rotatable bonds is 6. The normalized spacial score (nSPS) is 10.3. The highest BCUT2D eigenvalue weighted by Gasteiger charge is 2.08. The molecule has 0 saturated carbocycles. The maximum atomic E-state index is 11.4. The van der Waals surface area contributed by atoms with Gasteiger partial charge >= 0.3 is 5.97 Å². The van der Waals surface area contributed by atoms with Gasteiger partial charge in [0, 0.05) is 6.54 Å². The van der Waals surface area contributed by atoms with Gasteiger partial charge in [-0.1, -0.05) is 38.1 Å². The fraction of sp³-hybridized carbons (Fsp3) is 0.467. The van der Waals surface area contributed by atoms with Crippen LogP contribution in [0.25, 0.3) is 0 Å². The fourth-order valence-electron chi connectivity index (χ4n) is 1.73. The van der Waals surface area contributed by atoms with E-state index < -0.39 is 5.97 Å². The molecule has 0 heterocycles. The third-order valence-electron chi connectivity index (χ3n) is 2.69. The van der Waals surface area contributed by atoms with Crippen molar-refractivity contribution in [2.45, 2.75) is 33.2 Å². The summed E-state index contributed by atoms with van der Waals surface area (Å²) in [6, 6.07) is 8.13. The monoisotopic (exact) mass is 263 g/mol. The number of hydrogen-bond acceptors (Lipinski definition) is 3. The van der Waals surface area contributed by atoms with Gasteiger partial charge in [0.1, 0.15) is 6.42 Å². The molecule has 0 atom stereocenters. The molecule has 0 aliphatic heterocycles. The van der Waals surface area contributed by atoms with E-state index in [2.05, 4.69) is 36.0 Å². The molecule has 1 aromatic rings. The van der Waals surface area contributed by atoms with Gasteiger partial charge in [0.15, 0.2) is 0 Å². The lowest BCUT2D eigenvalue weighted by molar-refractivity contribution is -0.143. The van der Waals surface area contributed by atoms with Crippen LogP contribution in [0.4, 0.5) is 0 Å². The number of methoxy groups -OCH3 is 1. The zero-order chi connectivity index (χ0) is 14.3. The summed E-state index contributed by atoms with van der Waals surface area (Å²) in [5.41, 5.74) is 2.31. The molecule has 4 nitrogen and oxygen atoms in total. The van der Waals surface area contributed by atoms with Crippen LogP contribution in [0.15, 0.2) is 24.3 Å². The predicted octanol–water partition coefficient (Wildman–Crippen LogP) is 2.06. The molecule has 0 aromatic heterocycles. The highest BCUT2D eigenvalue weighted by Crippen LogP contribution is 2.09. The minimum absolute atomic E-state index is 0.234. The summed E-state index contributed by atoms with van der Waals surface area (Å²) in [6.45, 7) is 4.79. The van der Waals surface area contributed by atoms with Crippen LogP contribution in [0, 0.1) is 5.92 Å². The molecule has 0 fully saturated rings. The van der Waals surface area contributed by atoms with Crippen molar-refractivity contribution in [3.63, 3.8) is 0 Å². The van der Waals surface area contributed by atoms with Gasteiger partial charge in [-0.2, -0.15) is 0 Å². The average Bonchev–Trinajstić information content (AvgIpc) is 2.37. The van der Waals surface area contributed by atoms with Crippen LogP contribution >= 0.6 is 0 Å². The van der Waals surface area contributed by atoms with Crippen LogP contribution in [-0.2, 0) is 27.3 Å².